The molecule has 0 aromatic carbocycles. The quantitative estimate of drug-likeness (QED) is 0.820. The summed E-state index contributed by atoms with van der Waals surface area (Å²) in [6.07, 6.45) is 3.08. The summed E-state index contributed by atoms with van der Waals surface area (Å²) in [4.78, 5) is 2.15. The van der Waals surface area contributed by atoms with Crippen molar-refractivity contribution in [1.29, 1.82) is 0 Å². The van der Waals surface area contributed by atoms with Crippen molar-refractivity contribution in [3.63, 3.8) is 0 Å². The van der Waals surface area contributed by atoms with E-state index < -0.39 is 0 Å². The Kier molecular flexibility index (Phi) is 3.84. The smallest absolute Gasteiger partial charge is 0.138 e. The minimum Gasteiger partial charge on any atom is -0.392 e. The van der Waals surface area contributed by atoms with Gasteiger partial charge >= 0.3 is 0 Å². The van der Waals surface area contributed by atoms with E-state index in [0.29, 0.717) is 5.92 Å². The highest BCUT2D eigenvalue weighted by Crippen LogP contribution is 2.32. The molecule has 1 aliphatic carbocycles. The molecule has 0 radical (unpaired) electrons. The van der Waals surface area contributed by atoms with Gasteiger partial charge in [0, 0.05) is 18.7 Å². The monoisotopic (exact) mass is 238 g/mol. The average molecular weight is 238 g/mol. The Morgan fingerprint density at radius 2 is 2.24 bits per heavy atom. The lowest BCUT2D eigenvalue weighted by Gasteiger charge is -2.20. The molecule has 1 fully saturated rings. The Balaban J connectivity index is 1.92. The summed E-state index contributed by atoms with van der Waals surface area (Å²) in [6, 6.07) is 0. The number of nitrogens with zero attached hydrogens (tertiary/aromatic N) is 2. The summed E-state index contributed by atoms with van der Waals surface area (Å²) in [5.41, 5.74) is 2.22. The molecule has 0 saturated heterocycles. The van der Waals surface area contributed by atoms with Gasteiger partial charge in [-0.05, 0) is 39.2 Å². The van der Waals surface area contributed by atoms with Gasteiger partial charge in [-0.15, -0.1) is 0 Å². The van der Waals surface area contributed by atoms with Crippen molar-refractivity contribution in [2.24, 2.45) is 5.92 Å². The van der Waals surface area contributed by atoms with E-state index in [1.54, 1.807) is 0 Å². The van der Waals surface area contributed by atoms with Gasteiger partial charge in [0.05, 0.1) is 11.8 Å². The Labute approximate surface area is 103 Å². The topological polar surface area (TPSA) is 49.5 Å². The van der Waals surface area contributed by atoms with E-state index in [1.807, 2.05) is 14.0 Å². The molecule has 1 N–H and O–H groups in total. The maximum absolute atomic E-state index is 9.90. The molecule has 0 amide bonds. The van der Waals surface area contributed by atoms with E-state index >= 15 is 0 Å². The fraction of sp³-hybridized carbons (Fsp3) is 0.769. The van der Waals surface area contributed by atoms with Crippen LogP contribution in [0.2, 0.25) is 0 Å². The second-order valence-electron chi connectivity index (χ2n) is 5.12. The van der Waals surface area contributed by atoms with Crippen molar-refractivity contribution < 1.29 is 9.63 Å². The number of aromatic nitrogens is 1. The highest BCUT2D eigenvalue weighted by atomic mass is 16.5. The maximum Gasteiger partial charge on any atom is 0.138 e. The first kappa shape index (κ1) is 12.6. The van der Waals surface area contributed by atoms with Gasteiger partial charge in [0.1, 0.15) is 5.76 Å². The fourth-order valence-corrected chi connectivity index (χ4v) is 2.20. The zero-order chi connectivity index (χ0) is 12.4. The number of aryl methyl sites for hydroxylation is 2. The molecule has 0 spiro atoms. The Bertz CT molecular complexity index is 371. The third kappa shape index (κ3) is 3.07. The third-order valence-electron chi connectivity index (χ3n) is 3.49. The van der Waals surface area contributed by atoms with Crippen LogP contribution in [0.4, 0.5) is 0 Å². The Morgan fingerprint density at radius 3 is 2.82 bits per heavy atom. The average Bonchev–Trinajstić information content (AvgIpc) is 3.07. The molecular weight excluding hydrogens is 216 g/mol. The molecule has 17 heavy (non-hydrogen) atoms. The number of hydrogen-bond donors (Lipinski definition) is 1. The van der Waals surface area contributed by atoms with Crippen molar-refractivity contribution in [2.75, 3.05) is 13.6 Å². The lowest BCUT2D eigenvalue weighted by molar-refractivity contribution is 0.104. The third-order valence-corrected chi connectivity index (χ3v) is 3.49. The minimum atomic E-state index is -0.176. The number of likely N-dealkylation sites (N-methyl/N-ethyl adjacent to an activating group) is 1. The summed E-state index contributed by atoms with van der Waals surface area (Å²) in [5.74, 6) is 1.43. The van der Waals surface area contributed by atoms with E-state index in [-0.39, 0.29) is 6.10 Å². The van der Waals surface area contributed by atoms with Crippen LogP contribution in [-0.2, 0) is 13.0 Å². The van der Waals surface area contributed by atoms with Crippen LogP contribution in [-0.4, -0.2) is 34.9 Å². The van der Waals surface area contributed by atoms with Crippen LogP contribution < -0.4 is 0 Å². The summed E-state index contributed by atoms with van der Waals surface area (Å²) < 4.78 is 5.21. The van der Waals surface area contributed by atoms with Crippen molar-refractivity contribution in [3.8, 4) is 0 Å². The van der Waals surface area contributed by atoms with Crippen LogP contribution in [0, 0.1) is 12.8 Å². The van der Waals surface area contributed by atoms with E-state index in [1.165, 1.54) is 18.4 Å². The molecule has 1 heterocycles. The van der Waals surface area contributed by atoms with E-state index in [9.17, 15) is 5.11 Å². The van der Waals surface area contributed by atoms with Gasteiger partial charge in [0.15, 0.2) is 0 Å². The molecule has 1 saturated carbocycles. The molecule has 2 rings (SSSR count). The fourth-order valence-electron chi connectivity index (χ4n) is 2.20. The summed E-state index contributed by atoms with van der Waals surface area (Å²) >= 11 is 0. The molecule has 0 aliphatic heterocycles. The van der Waals surface area contributed by atoms with Gasteiger partial charge in [-0.25, -0.2) is 0 Å². The van der Waals surface area contributed by atoms with Gasteiger partial charge in [0.25, 0.3) is 0 Å². The standard InChI is InChI=1S/C13H22N2O2/c1-4-12-11(9(2)17-14-12)7-15(3)8-13(16)10-5-6-10/h10,13,16H,4-8H2,1-3H3. The van der Waals surface area contributed by atoms with Crippen molar-refractivity contribution in [2.45, 2.75) is 45.8 Å². The normalized spacial score (nSPS) is 17.7. The van der Waals surface area contributed by atoms with E-state index in [4.69, 9.17) is 4.52 Å². The number of aliphatic hydroxyl groups is 1. The van der Waals surface area contributed by atoms with Gasteiger partial charge in [-0.1, -0.05) is 12.1 Å². The largest absolute Gasteiger partial charge is 0.392 e. The Hall–Kier alpha value is -0.870. The number of hydrogen-bond acceptors (Lipinski definition) is 4. The molecule has 1 aromatic heterocycles. The zero-order valence-corrected chi connectivity index (χ0v) is 10.9. The number of rotatable bonds is 6. The van der Waals surface area contributed by atoms with Crippen molar-refractivity contribution >= 4 is 0 Å². The first-order valence-electron chi connectivity index (χ1n) is 6.42. The summed E-state index contributed by atoms with van der Waals surface area (Å²) in [6.45, 7) is 5.58. The highest BCUT2D eigenvalue weighted by molar-refractivity contribution is 5.21. The SMILES string of the molecule is CCc1noc(C)c1CN(C)CC(O)C1CC1. The molecule has 0 bridgehead atoms. The molecule has 96 valence electrons. The van der Waals surface area contributed by atoms with Crippen LogP contribution >= 0.6 is 0 Å². The van der Waals surface area contributed by atoms with E-state index in [2.05, 4.69) is 17.0 Å². The van der Waals surface area contributed by atoms with Gasteiger partial charge < -0.3 is 9.63 Å². The lowest BCUT2D eigenvalue weighted by Crippen LogP contribution is -2.30. The van der Waals surface area contributed by atoms with Crippen LogP contribution in [0.3, 0.4) is 0 Å². The molecule has 4 heteroatoms. The van der Waals surface area contributed by atoms with Gasteiger partial charge in [0.2, 0.25) is 0 Å². The van der Waals surface area contributed by atoms with Crippen LogP contribution in [0.1, 0.15) is 36.8 Å². The van der Waals surface area contributed by atoms with Crippen molar-refractivity contribution in [3.05, 3.63) is 17.0 Å². The second kappa shape index (κ2) is 5.19. The van der Waals surface area contributed by atoms with E-state index in [0.717, 1.165) is 31.0 Å². The highest BCUT2D eigenvalue weighted by Gasteiger charge is 2.30. The van der Waals surface area contributed by atoms with Crippen LogP contribution in [0.15, 0.2) is 4.52 Å². The second-order valence-corrected chi connectivity index (χ2v) is 5.12. The molecule has 4 nitrogen and oxygen atoms in total. The maximum atomic E-state index is 9.90. The molecule has 1 aromatic rings. The Morgan fingerprint density at radius 1 is 1.53 bits per heavy atom. The van der Waals surface area contributed by atoms with Crippen LogP contribution in [0.5, 0.6) is 0 Å². The molecule has 1 aliphatic rings. The summed E-state index contributed by atoms with van der Waals surface area (Å²) in [7, 11) is 2.04. The van der Waals surface area contributed by atoms with Gasteiger partial charge in [-0.3, -0.25) is 4.90 Å². The van der Waals surface area contributed by atoms with Gasteiger partial charge in [-0.2, -0.15) is 0 Å². The first-order valence-corrected chi connectivity index (χ1v) is 6.42. The predicted molar refractivity (Wildman–Crippen MR) is 65.7 cm³/mol. The zero-order valence-electron chi connectivity index (χ0n) is 10.9. The summed E-state index contributed by atoms with van der Waals surface area (Å²) in [5, 5.41) is 14.0. The molecule has 1 unspecified atom stereocenters. The van der Waals surface area contributed by atoms with Crippen LogP contribution in [0.25, 0.3) is 0 Å². The minimum absolute atomic E-state index is 0.176. The lowest BCUT2D eigenvalue weighted by atomic mass is 10.1. The first-order chi connectivity index (χ1) is 8.11. The molecule has 1 atom stereocenters. The van der Waals surface area contributed by atoms with Crippen molar-refractivity contribution in [1.82, 2.24) is 10.1 Å². The predicted octanol–water partition coefficient (Wildman–Crippen LogP) is 1.75. The number of aliphatic hydroxyl groups excluding tert-OH is 1. The molecular formula is C13H22N2O2.